The van der Waals surface area contributed by atoms with Crippen LogP contribution in [-0.2, 0) is 32.7 Å². The quantitative estimate of drug-likeness (QED) is 0.0233. The Morgan fingerprint density at radius 3 is 1.23 bits per heavy atom. The van der Waals surface area contributed by atoms with Crippen LogP contribution < -0.4 is 0 Å². The van der Waals surface area contributed by atoms with Gasteiger partial charge in [0.1, 0.15) is 12.7 Å². The molecule has 0 aliphatic carbocycles. The minimum atomic E-state index is -4.62. The Labute approximate surface area is 393 Å². The van der Waals surface area contributed by atoms with Crippen LogP contribution >= 0.6 is 7.82 Å². The third-order valence-corrected chi connectivity index (χ3v) is 12.8. The molecule has 0 aliphatic rings. The molecule has 0 spiro atoms. The lowest BCUT2D eigenvalue weighted by molar-refractivity contribution is -0.161. The number of esters is 2. The van der Waals surface area contributed by atoms with Gasteiger partial charge in [0.05, 0.1) is 19.8 Å². The highest BCUT2D eigenvalue weighted by atomic mass is 31.2. The van der Waals surface area contributed by atoms with E-state index < -0.39 is 51.8 Å². The molecule has 0 heterocycles. The summed E-state index contributed by atoms with van der Waals surface area (Å²) in [5.41, 5.74) is 0. The summed E-state index contributed by atoms with van der Waals surface area (Å²) >= 11 is 0. The summed E-state index contributed by atoms with van der Waals surface area (Å²) in [6, 6.07) is 0. The number of phosphoric acid groups is 1. The first-order valence-electron chi connectivity index (χ1n) is 26.8. The van der Waals surface area contributed by atoms with Crippen LogP contribution in [-0.4, -0.2) is 65.7 Å². The van der Waals surface area contributed by atoms with Crippen LogP contribution in [0.5, 0.6) is 0 Å². The van der Waals surface area contributed by atoms with Gasteiger partial charge < -0.3 is 24.6 Å². The van der Waals surface area contributed by atoms with Crippen molar-refractivity contribution in [1.29, 1.82) is 0 Å². The minimum Gasteiger partial charge on any atom is -0.462 e. The van der Waals surface area contributed by atoms with Gasteiger partial charge in [-0.3, -0.25) is 18.6 Å². The van der Waals surface area contributed by atoms with Crippen molar-refractivity contribution in [3.8, 4) is 0 Å². The molecule has 64 heavy (non-hydrogen) atoms. The molecule has 1 unspecified atom stereocenters. The Morgan fingerprint density at radius 1 is 0.469 bits per heavy atom. The molecule has 0 rings (SSSR count). The summed E-state index contributed by atoms with van der Waals surface area (Å²) in [4.78, 5) is 35.2. The molecule has 0 saturated carbocycles. The highest BCUT2D eigenvalue weighted by Crippen LogP contribution is 2.43. The van der Waals surface area contributed by atoms with Gasteiger partial charge in [-0.25, -0.2) is 4.57 Å². The smallest absolute Gasteiger partial charge is 0.462 e. The van der Waals surface area contributed by atoms with Crippen molar-refractivity contribution >= 4 is 19.8 Å². The highest BCUT2D eigenvalue weighted by molar-refractivity contribution is 7.47. The molecule has 0 aliphatic heterocycles. The number of hydrogen-bond acceptors (Lipinski definition) is 9. The number of ether oxygens (including phenoxy) is 2. The van der Waals surface area contributed by atoms with E-state index in [2.05, 4.69) is 38.2 Å². The SMILES string of the molecule is CCCCC/C=C/C/C=C/CCCCCCCCCCCC(=O)O[C@H](COC(=O)CCCCCCCCCCCCCCCCCCCCCCCC)COP(=O)(O)OC[C@@H](O)CO. The third kappa shape index (κ3) is 48.4. The van der Waals surface area contributed by atoms with Crippen LogP contribution in [0.15, 0.2) is 24.3 Å². The molecule has 0 aromatic rings. The molecule has 0 radical (unpaired) electrons. The first-order valence-corrected chi connectivity index (χ1v) is 28.3. The summed E-state index contributed by atoms with van der Waals surface area (Å²) in [5.74, 6) is -0.914. The number of aliphatic hydroxyl groups excluding tert-OH is 2. The molecule has 11 heteroatoms. The van der Waals surface area contributed by atoms with E-state index in [4.69, 9.17) is 23.6 Å². The fourth-order valence-corrected chi connectivity index (χ4v) is 8.52. The van der Waals surface area contributed by atoms with Gasteiger partial charge in [-0.05, 0) is 44.9 Å². The average molecular weight is 929 g/mol. The van der Waals surface area contributed by atoms with Crippen molar-refractivity contribution in [2.24, 2.45) is 0 Å². The van der Waals surface area contributed by atoms with Crippen LogP contribution in [0.25, 0.3) is 0 Å². The van der Waals surface area contributed by atoms with Gasteiger partial charge in [0, 0.05) is 12.8 Å². The topological polar surface area (TPSA) is 149 Å². The molecule has 0 aromatic carbocycles. The molecule has 3 atom stereocenters. The number of aliphatic hydroxyl groups is 2. The second-order valence-corrected chi connectivity index (χ2v) is 19.7. The highest BCUT2D eigenvalue weighted by Gasteiger charge is 2.27. The predicted molar refractivity (Wildman–Crippen MR) is 265 cm³/mol. The third-order valence-electron chi connectivity index (χ3n) is 11.9. The maximum absolute atomic E-state index is 12.7. The number of carbonyl (C=O) groups excluding carboxylic acids is 2. The number of unbranched alkanes of at least 4 members (excludes halogenated alkanes) is 33. The molecule has 0 fully saturated rings. The number of hydrogen-bond donors (Lipinski definition) is 3. The largest absolute Gasteiger partial charge is 0.472 e. The molecule has 0 bridgehead atoms. The monoisotopic (exact) mass is 929 g/mol. The Hall–Kier alpha value is -1.55. The first kappa shape index (κ1) is 62.4. The Bertz CT molecular complexity index is 1110. The van der Waals surface area contributed by atoms with Gasteiger partial charge in [-0.15, -0.1) is 0 Å². The fraction of sp³-hybridized carbons (Fsp3) is 0.887. The van der Waals surface area contributed by atoms with Crippen molar-refractivity contribution in [3.63, 3.8) is 0 Å². The van der Waals surface area contributed by atoms with E-state index in [1.807, 2.05) is 0 Å². The minimum absolute atomic E-state index is 0.183. The van der Waals surface area contributed by atoms with E-state index in [-0.39, 0.29) is 19.4 Å². The Kier molecular flexibility index (Phi) is 48.2. The second kappa shape index (κ2) is 49.4. The summed E-state index contributed by atoms with van der Waals surface area (Å²) in [6.45, 7) is 2.41. The van der Waals surface area contributed by atoms with Crippen molar-refractivity contribution in [3.05, 3.63) is 24.3 Å². The van der Waals surface area contributed by atoms with Crippen molar-refractivity contribution in [2.75, 3.05) is 26.4 Å². The summed E-state index contributed by atoms with van der Waals surface area (Å²) in [5, 5.41) is 18.4. The van der Waals surface area contributed by atoms with Crippen molar-refractivity contribution in [2.45, 2.75) is 276 Å². The van der Waals surface area contributed by atoms with Crippen LogP contribution in [0, 0.1) is 0 Å². The predicted octanol–water partition coefficient (Wildman–Crippen LogP) is 15.3. The maximum atomic E-state index is 12.7. The van der Waals surface area contributed by atoms with Crippen molar-refractivity contribution < 1.29 is 47.8 Å². The van der Waals surface area contributed by atoms with E-state index in [0.717, 1.165) is 51.4 Å². The second-order valence-electron chi connectivity index (χ2n) is 18.3. The normalized spacial score (nSPS) is 13.8. The van der Waals surface area contributed by atoms with E-state index in [0.29, 0.717) is 12.8 Å². The zero-order chi connectivity index (χ0) is 46.9. The lowest BCUT2D eigenvalue weighted by atomic mass is 10.0. The summed E-state index contributed by atoms with van der Waals surface area (Å²) < 4.78 is 32.9. The number of allylic oxidation sites excluding steroid dienone is 4. The van der Waals surface area contributed by atoms with E-state index >= 15 is 0 Å². The number of carbonyl (C=O) groups is 2. The molecule has 378 valence electrons. The standard InChI is InChI=1S/C53H101O10P/c1-3-5-7-9-11-13-15-17-19-21-23-24-25-27-28-30-32-34-36-38-40-42-44-52(56)60-48-51(49-62-64(58,59)61-47-50(55)46-54)63-53(57)45-43-41-39-37-35-33-31-29-26-22-20-18-16-14-12-10-8-6-4-2/h12,14,18,20,50-51,54-55H,3-11,13,15-17,19,21-49H2,1-2H3,(H,58,59)/b14-12+,20-18+/t50-,51+/m0/s1. The molecule has 10 nitrogen and oxygen atoms in total. The molecule has 0 saturated heterocycles. The summed E-state index contributed by atoms with van der Waals surface area (Å²) in [6.07, 6.45) is 52.9. The molecular formula is C53H101O10P. The van der Waals surface area contributed by atoms with Crippen LogP contribution in [0.2, 0.25) is 0 Å². The van der Waals surface area contributed by atoms with Crippen molar-refractivity contribution in [1.82, 2.24) is 0 Å². The van der Waals surface area contributed by atoms with Gasteiger partial charge in [-0.2, -0.15) is 0 Å². The van der Waals surface area contributed by atoms with Gasteiger partial charge in [0.15, 0.2) is 6.10 Å². The van der Waals surface area contributed by atoms with Gasteiger partial charge in [-0.1, -0.05) is 231 Å². The van der Waals surface area contributed by atoms with Gasteiger partial charge in [0.2, 0.25) is 0 Å². The number of rotatable bonds is 51. The van der Waals surface area contributed by atoms with Crippen LogP contribution in [0.3, 0.4) is 0 Å². The number of phosphoric ester groups is 1. The van der Waals surface area contributed by atoms with Crippen LogP contribution in [0.4, 0.5) is 0 Å². The lowest BCUT2D eigenvalue weighted by Gasteiger charge is -2.20. The zero-order valence-electron chi connectivity index (χ0n) is 41.5. The molecular weight excluding hydrogens is 828 g/mol. The molecule has 0 aromatic heterocycles. The maximum Gasteiger partial charge on any atom is 0.472 e. The summed E-state index contributed by atoms with van der Waals surface area (Å²) in [7, 11) is -4.62. The fourth-order valence-electron chi connectivity index (χ4n) is 7.73. The average Bonchev–Trinajstić information content (AvgIpc) is 3.28. The zero-order valence-corrected chi connectivity index (χ0v) is 42.4. The van der Waals surface area contributed by atoms with Gasteiger partial charge >= 0.3 is 19.8 Å². The molecule has 3 N–H and O–H groups in total. The van der Waals surface area contributed by atoms with Gasteiger partial charge in [0.25, 0.3) is 0 Å². The lowest BCUT2D eigenvalue weighted by Crippen LogP contribution is -2.29. The van der Waals surface area contributed by atoms with Crippen LogP contribution in [0.1, 0.15) is 264 Å². The Balaban J connectivity index is 4.12. The van der Waals surface area contributed by atoms with E-state index in [1.165, 1.54) is 173 Å². The van der Waals surface area contributed by atoms with E-state index in [9.17, 15) is 24.2 Å². The van der Waals surface area contributed by atoms with E-state index in [1.54, 1.807) is 0 Å². The molecule has 0 amide bonds. The Morgan fingerprint density at radius 2 is 0.812 bits per heavy atom. The first-order chi connectivity index (χ1) is 31.2.